The largest absolute Gasteiger partial charge is 0.375 e. The van der Waals surface area contributed by atoms with Crippen LogP contribution in [0.25, 0.3) is 0 Å². The number of hydrogen-bond acceptors (Lipinski definition) is 7. The van der Waals surface area contributed by atoms with Crippen molar-refractivity contribution >= 4 is 47.1 Å². The number of aromatic nitrogens is 2. The van der Waals surface area contributed by atoms with Gasteiger partial charge in [0, 0.05) is 52.4 Å². The number of hydrogen-bond donors (Lipinski definition) is 1. The van der Waals surface area contributed by atoms with E-state index >= 15 is 0 Å². The van der Waals surface area contributed by atoms with Gasteiger partial charge in [-0.15, -0.1) is 35.3 Å². The van der Waals surface area contributed by atoms with Crippen molar-refractivity contribution in [3.63, 3.8) is 0 Å². The fourth-order valence-corrected chi connectivity index (χ4v) is 4.48. The number of methoxy groups -OCH3 is 1. The summed E-state index contributed by atoms with van der Waals surface area (Å²) in [5.74, 6) is 1.81. The lowest BCUT2D eigenvalue weighted by molar-refractivity contribution is -0.00545. The molecule has 0 aromatic carbocycles. The number of pyridine rings is 1. The van der Waals surface area contributed by atoms with E-state index in [-0.39, 0.29) is 42.3 Å². The van der Waals surface area contributed by atoms with Gasteiger partial charge in [-0.3, -0.25) is 4.99 Å². The summed E-state index contributed by atoms with van der Waals surface area (Å²) in [5.41, 5.74) is 2.12. The SMILES string of the molecule is CN=C(NCc1ccc(N2CC(C)OC(C)C2)nc1)N(C)Cc1csc(C(C)OC)n1.I. The Labute approximate surface area is 212 Å². The van der Waals surface area contributed by atoms with Gasteiger partial charge in [-0.2, -0.15) is 0 Å². The Kier molecular flexibility index (Phi) is 10.6. The maximum absolute atomic E-state index is 5.82. The van der Waals surface area contributed by atoms with Crippen molar-refractivity contribution < 1.29 is 9.47 Å². The predicted molar refractivity (Wildman–Crippen MR) is 141 cm³/mol. The van der Waals surface area contributed by atoms with E-state index in [0.29, 0.717) is 13.1 Å². The van der Waals surface area contributed by atoms with E-state index in [2.05, 4.69) is 61.4 Å². The van der Waals surface area contributed by atoms with Gasteiger partial charge in [0.25, 0.3) is 0 Å². The number of nitrogens with zero attached hydrogens (tertiary/aromatic N) is 5. The fourth-order valence-electron chi connectivity index (χ4n) is 3.64. The number of ether oxygens (including phenoxy) is 2. The third-order valence-electron chi connectivity index (χ3n) is 5.25. The topological polar surface area (TPSA) is 75.1 Å². The monoisotopic (exact) mass is 574 g/mol. The average molecular weight is 575 g/mol. The van der Waals surface area contributed by atoms with Gasteiger partial charge in [0.2, 0.25) is 0 Å². The molecule has 3 heterocycles. The third-order valence-corrected chi connectivity index (χ3v) is 6.30. The molecule has 0 saturated carbocycles. The number of aliphatic imine (C=N–C) groups is 1. The first-order valence-corrected chi connectivity index (χ1v) is 11.5. The van der Waals surface area contributed by atoms with Crippen molar-refractivity contribution in [1.29, 1.82) is 0 Å². The second-order valence-electron chi connectivity index (χ2n) is 8.00. The first-order chi connectivity index (χ1) is 14.9. The van der Waals surface area contributed by atoms with Gasteiger partial charge in [-0.1, -0.05) is 6.07 Å². The van der Waals surface area contributed by atoms with E-state index in [9.17, 15) is 0 Å². The number of guanidine groups is 1. The summed E-state index contributed by atoms with van der Waals surface area (Å²) in [4.78, 5) is 18.1. The number of halogens is 1. The minimum absolute atomic E-state index is 0. The van der Waals surface area contributed by atoms with Crippen molar-refractivity contribution in [3.05, 3.63) is 40.0 Å². The summed E-state index contributed by atoms with van der Waals surface area (Å²) in [7, 11) is 5.50. The molecule has 1 saturated heterocycles. The summed E-state index contributed by atoms with van der Waals surface area (Å²) >= 11 is 1.62. The number of thiazole rings is 1. The highest BCUT2D eigenvalue weighted by Crippen LogP contribution is 2.21. The van der Waals surface area contributed by atoms with Crippen LogP contribution < -0.4 is 10.2 Å². The summed E-state index contributed by atoms with van der Waals surface area (Å²) in [5, 5.41) is 6.48. The average Bonchev–Trinajstić information content (AvgIpc) is 3.21. The molecule has 0 bridgehead atoms. The zero-order valence-corrected chi connectivity index (χ0v) is 22.9. The molecule has 3 rings (SSSR count). The molecule has 2 aromatic heterocycles. The molecule has 1 aliphatic rings. The number of anilines is 1. The zero-order valence-electron chi connectivity index (χ0n) is 19.7. The van der Waals surface area contributed by atoms with Gasteiger partial charge in [0.1, 0.15) is 16.9 Å². The number of nitrogens with one attached hydrogen (secondary N) is 1. The first kappa shape index (κ1) is 26.7. The van der Waals surface area contributed by atoms with Crippen LogP contribution in [0.4, 0.5) is 5.82 Å². The molecule has 0 aliphatic carbocycles. The molecule has 32 heavy (non-hydrogen) atoms. The van der Waals surface area contributed by atoms with E-state index in [1.54, 1.807) is 25.5 Å². The smallest absolute Gasteiger partial charge is 0.194 e. The maximum atomic E-state index is 5.82. The second kappa shape index (κ2) is 12.7. The summed E-state index contributed by atoms with van der Waals surface area (Å²) in [6, 6.07) is 4.20. The number of rotatable bonds is 7. The molecule has 2 aromatic rings. The molecule has 0 radical (unpaired) electrons. The van der Waals surface area contributed by atoms with Crippen molar-refractivity contribution in [2.75, 3.05) is 39.2 Å². The minimum Gasteiger partial charge on any atom is -0.375 e. The van der Waals surface area contributed by atoms with Crippen LogP contribution in [0.3, 0.4) is 0 Å². The van der Waals surface area contributed by atoms with Crippen LogP contribution in [0.15, 0.2) is 28.7 Å². The molecule has 0 spiro atoms. The molecule has 8 nitrogen and oxygen atoms in total. The Morgan fingerprint density at radius 2 is 2.09 bits per heavy atom. The quantitative estimate of drug-likeness (QED) is 0.307. The standard InChI is InChI=1S/C22H34N6O2S.HI/c1-15-11-28(12-16(2)30-15)20-8-7-18(9-24-20)10-25-22(23-4)27(5)13-19-14-31-21(26-19)17(3)29-6;/h7-9,14-17H,10-13H2,1-6H3,(H,23,25);1H. The lowest BCUT2D eigenvalue weighted by Gasteiger charge is -2.36. The molecular weight excluding hydrogens is 539 g/mol. The Bertz CT molecular complexity index is 852. The second-order valence-corrected chi connectivity index (χ2v) is 8.89. The highest BCUT2D eigenvalue weighted by Gasteiger charge is 2.23. The molecule has 0 amide bonds. The summed E-state index contributed by atoms with van der Waals surface area (Å²) < 4.78 is 11.2. The van der Waals surface area contributed by atoms with E-state index in [1.165, 1.54) is 0 Å². The molecule has 3 atom stereocenters. The lowest BCUT2D eigenvalue weighted by atomic mass is 10.2. The van der Waals surface area contributed by atoms with Crippen LogP contribution >= 0.6 is 35.3 Å². The lowest BCUT2D eigenvalue weighted by Crippen LogP contribution is -2.45. The van der Waals surface area contributed by atoms with Crippen LogP contribution in [0.1, 0.15) is 43.1 Å². The van der Waals surface area contributed by atoms with Gasteiger partial charge in [-0.25, -0.2) is 9.97 Å². The molecule has 1 aliphatic heterocycles. The van der Waals surface area contributed by atoms with E-state index in [4.69, 9.17) is 9.47 Å². The zero-order chi connectivity index (χ0) is 22.4. The van der Waals surface area contributed by atoms with Crippen LogP contribution in [0.5, 0.6) is 0 Å². The van der Waals surface area contributed by atoms with Gasteiger partial charge in [0.15, 0.2) is 5.96 Å². The maximum Gasteiger partial charge on any atom is 0.194 e. The van der Waals surface area contributed by atoms with E-state index in [1.807, 2.05) is 20.2 Å². The normalized spacial score (nSPS) is 19.9. The van der Waals surface area contributed by atoms with Crippen LogP contribution in [-0.4, -0.2) is 67.3 Å². The Hall–Kier alpha value is -1.50. The molecule has 1 N–H and O–H groups in total. The molecule has 10 heteroatoms. The Morgan fingerprint density at radius 3 is 2.69 bits per heavy atom. The van der Waals surface area contributed by atoms with E-state index in [0.717, 1.165) is 41.1 Å². The van der Waals surface area contributed by atoms with Crippen LogP contribution in [0, 0.1) is 0 Å². The third kappa shape index (κ3) is 7.26. The van der Waals surface area contributed by atoms with Gasteiger partial charge in [0.05, 0.1) is 24.4 Å². The number of morpholine rings is 1. The predicted octanol–water partition coefficient (Wildman–Crippen LogP) is 3.68. The highest BCUT2D eigenvalue weighted by molar-refractivity contribution is 14.0. The molecule has 3 unspecified atom stereocenters. The Morgan fingerprint density at radius 1 is 1.38 bits per heavy atom. The van der Waals surface area contributed by atoms with Crippen LogP contribution in [-0.2, 0) is 22.6 Å². The van der Waals surface area contributed by atoms with Crippen molar-refractivity contribution in [1.82, 2.24) is 20.2 Å². The van der Waals surface area contributed by atoms with Gasteiger partial charge >= 0.3 is 0 Å². The van der Waals surface area contributed by atoms with Crippen molar-refractivity contribution in [3.8, 4) is 0 Å². The van der Waals surface area contributed by atoms with E-state index < -0.39 is 0 Å². The summed E-state index contributed by atoms with van der Waals surface area (Å²) in [6.45, 7) is 9.29. The highest BCUT2D eigenvalue weighted by atomic mass is 127. The minimum atomic E-state index is 0. The fraction of sp³-hybridized carbons (Fsp3) is 0.591. The van der Waals surface area contributed by atoms with Gasteiger partial charge in [-0.05, 0) is 32.4 Å². The van der Waals surface area contributed by atoms with Crippen molar-refractivity contribution in [2.24, 2.45) is 4.99 Å². The molecular formula is C22H35IN6O2S. The Balaban J connectivity index is 0.00000363. The molecule has 178 valence electrons. The van der Waals surface area contributed by atoms with Crippen molar-refractivity contribution in [2.45, 2.75) is 52.2 Å². The van der Waals surface area contributed by atoms with Gasteiger partial charge < -0.3 is 24.6 Å². The molecule has 1 fully saturated rings. The first-order valence-electron chi connectivity index (χ1n) is 10.6. The summed E-state index contributed by atoms with van der Waals surface area (Å²) in [6.07, 6.45) is 2.38. The van der Waals surface area contributed by atoms with Crippen LogP contribution in [0.2, 0.25) is 0 Å².